The molecule has 3 atom stereocenters. The van der Waals surface area contributed by atoms with Gasteiger partial charge in [-0.2, -0.15) is 0 Å². The van der Waals surface area contributed by atoms with Crippen LogP contribution in [-0.2, 0) is 4.79 Å². The lowest BCUT2D eigenvalue weighted by molar-refractivity contribution is 0.454. The van der Waals surface area contributed by atoms with Gasteiger partial charge in [0, 0.05) is 5.92 Å². The second-order valence-electron chi connectivity index (χ2n) is 4.96. The maximum absolute atomic E-state index is 10.2. The molecule has 16 heavy (non-hydrogen) atoms. The number of hydrogen-bond acceptors (Lipinski definition) is 2. The number of allylic oxidation sites excluding steroid dienone is 3. The summed E-state index contributed by atoms with van der Waals surface area (Å²) in [5.74, 6) is 1.58. The minimum atomic E-state index is 0.0133. The quantitative estimate of drug-likeness (QED) is 0.525. The molecule has 0 N–H and O–H groups in total. The smallest absolute Gasteiger partial charge is 0.211 e. The zero-order valence-corrected chi connectivity index (χ0v) is 10.6. The third-order valence-corrected chi connectivity index (χ3v) is 3.49. The Balaban J connectivity index is 2.79. The topological polar surface area (TPSA) is 29.4 Å². The molecule has 1 rings (SSSR count). The van der Waals surface area contributed by atoms with Crippen molar-refractivity contribution < 1.29 is 4.79 Å². The number of isocyanates is 1. The predicted molar refractivity (Wildman–Crippen MR) is 66.9 cm³/mol. The molecule has 2 nitrogen and oxygen atoms in total. The van der Waals surface area contributed by atoms with E-state index in [4.69, 9.17) is 0 Å². The van der Waals surface area contributed by atoms with Gasteiger partial charge in [-0.3, -0.25) is 0 Å². The second kappa shape index (κ2) is 5.81. The maximum atomic E-state index is 10.2. The van der Waals surface area contributed by atoms with Crippen LogP contribution in [0.2, 0.25) is 0 Å². The highest BCUT2D eigenvalue weighted by molar-refractivity contribution is 5.35. The molecule has 0 saturated carbocycles. The van der Waals surface area contributed by atoms with E-state index in [2.05, 4.69) is 44.0 Å². The molecule has 0 aromatic carbocycles. The molecule has 88 valence electrons. The van der Waals surface area contributed by atoms with Crippen LogP contribution in [0.1, 0.15) is 34.1 Å². The summed E-state index contributed by atoms with van der Waals surface area (Å²) in [6, 6.07) is 0.0133. The van der Waals surface area contributed by atoms with Gasteiger partial charge in [-0.25, -0.2) is 9.79 Å². The molecule has 0 spiro atoms. The normalized spacial score (nSPS) is 23.6. The zero-order valence-electron chi connectivity index (χ0n) is 10.6. The lowest BCUT2D eigenvalue weighted by Gasteiger charge is -2.24. The van der Waals surface area contributed by atoms with E-state index >= 15 is 0 Å². The fourth-order valence-electron chi connectivity index (χ4n) is 1.97. The molecule has 0 heterocycles. The van der Waals surface area contributed by atoms with Gasteiger partial charge >= 0.3 is 0 Å². The molecule has 2 unspecified atom stereocenters. The molecule has 0 aromatic heterocycles. The molecule has 0 fully saturated rings. The summed E-state index contributed by atoms with van der Waals surface area (Å²) in [6.45, 7) is 8.57. The minimum absolute atomic E-state index is 0.0133. The molecular formula is C14H21NO. The number of nitrogens with zero attached hydrogens (tertiary/aromatic N) is 1. The van der Waals surface area contributed by atoms with Crippen molar-refractivity contribution in [3.8, 4) is 0 Å². The molecule has 0 radical (unpaired) electrons. The monoisotopic (exact) mass is 219 g/mol. The second-order valence-corrected chi connectivity index (χ2v) is 4.96. The predicted octanol–water partition coefficient (Wildman–Crippen LogP) is 3.51. The summed E-state index contributed by atoms with van der Waals surface area (Å²) in [7, 11) is 0. The molecule has 0 aliphatic heterocycles. The lowest BCUT2D eigenvalue weighted by Crippen LogP contribution is -2.17. The van der Waals surface area contributed by atoms with Gasteiger partial charge in [0.2, 0.25) is 6.08 Å². The molecule has 0 amide bonds. The maximum Gasteiger partial charge on any atom is 0.235 e. The lowest BCUT2D eigenvalue weighted by atomic mass is 9.82. The van der Waals surface area contributed by atoms with Gasteiger partial charge in [-0.1, -0.05) is 39.0 Å². The number of hydrogen-bond donors (Lipinski definition) is 0. The van der Waals surface area contributed by atoms with E-state index < -0.39 is 0 Å². The minimum Gasteiger partial charge on any atom is -0.211 e. The molecule has 0 aromatic rings. The summed E-state index contributed by atoms with van der Waals surface area (Å²) in [6.07, 6.45) is 9.51. The molecule has 0 bridgehead atoms. The van der Waals surface area contributed by atoms with Crippen LogP contribution in [0.25, 0.3) is 0 Å². The molecule has 0 saturated heterocycles. The first-order valence-electron chi connectivity index (χ1n) is 6.01. The van der Waals surface area contributed by atoms with E-state index in [-0.39, 0.29) is 6.04 Å². The van der Waals surface area contributed by atoms with Crippen molar-refractivity contribution in [2.45, 2.75) is 40.2 Å². The van der Waals surface area contributed by atoms with Gasteiger partial charge in [0.15, 0.2) is 0 Å². The molecule has 2 heteroatoms. The van der Waals surface area contributed by atoms with Crippen LogP contribution >= 0.6 is 0 Å². The van der Waals surface area contributed by atoms with Crippen LogP contribution < -0.4 is 0 Å². The van der Waals surface area contributed by atoms with Crippen molar-refractivity contribution >= 4 is 6.08 Å². The van der Waals surface area contributed by atoms with Crippen LogP contribution in [-0.4, -0.2) is 12.1 Å². The highest BCUT2D eigenvalue weighted by atomic mass is 16.1. The van der Waals surface area contributed by atoms with Crippen LogP contribution in [0.3, 0.4) is 0 Å². The van der Waals surface area contributed by atoms with E-state index in [0.717, 1.165) is 6.42 Å². The largest absolute Gasteiger partial charge is 0.235 e. The fraction of sp³-hybridized carbons (Fsp3) is 0.643. The van der Waals surface area contributed by atoms with Crippen LogP contribution in [0.15, 0.2) is 28.8 Å². The molecule has 1 aliphatic carbocycles. The van der Waals surface area contributed by atoms with Gasteiger partial charge < -0.3 is 0 Å². The molecule has 1 aliphatic rings. The van der Waals surface area contributed by atoms with Crippen molar-refractivity contribution in [3.05, 3.63) is 23.8 Å². The first-order chi connectivity index (χ1) is 7.56. The van der Waals surface area contributed by atoms with Gasteiger partial charge in [0.1, 0.15) is 0 Å². The van der Waals surface area contributed by atoms with E-state index in [1.807, 2.05) is 6.92 Å². The van der Waals surface area contributed by atoms with Crippen molar-refractivity contribution in [2.24, 2.45) is 22.7 Å². The highest BCUT2D eigenvalue weighted by Gasteiger charge is 2.19. The Labute approximate surface area is 98.2 Å². The van der Waals surface area contributed by atoms with Gasteiger partial charge in [-0.05, 0) is 30.8 Å². The fourth-order valence-corrected chi connectivity index (χ4v) is 1.97. The summed E-state index contributed by atoms with van der Waals surface area (Å²) < 4.78 is 0. The highest BCUT2D eigenvalue weighted by Crippen LogP contribution is 2.29. The van der Waals surface area contributed by atoms with Gasteiger partial charge in [-0.15, -0.1) is 0 Å². The number of carbonyl (C=O) groups excluding carboxylic acids is 1. The summed E-state index contributed by atoms with van der Waals surface area (Å²) in [4.78, 5) is 14.0. The van der Waals surface area contributed by atoms with E-state index in [1.165, 1.54) is 5.57 Å². The average Bonchev–Trinajstić information content (AvgIpc) is 2.28. The Kier molecular flexibility index (Phi) is 4.70. The van der Waals surface area contributed by atoms with Gasteiger partial charge in [0.05, 0.1) is 6.04 Å². The Morgan fingerprint density at radius 2 is 2.06 bits per heavy atom. The number of rotatable bonds is 4. The Hall–Kier alpha value is -1.14. The van der Waals surface area contributed by atoms with Crippen LogP contribution in [0.5, 0.6) is 0 Å². The third-order valence-electron chi connectivity index (χ3n) is 3.49. The van der Waals surface area contributed by atoms with Gasteiger partial charge in [0.25, 0.3) is 0 Å². The summed E-state index contributed by atoms with van der Waals surface area (Å²) in [5, 5.41) is 0. The third kappa shape index (κ3) is 3.18. The average molecular weight is 219 g/mol. The SMILES string of the molecule is CC(C)C1C=C(C(C)[C@H](C)N=C=O)C=CC1. The Morgan fingerprint density at radius 1 is 1.38 bits per heavy atom. The Morgan fingerprint density at radius 3 is 2.62 bits per heavy atom. The van der Waals surface area contributed by atoms with Crippen molar-refractivity contribution in [1.29, 1.82) is 0 Å². The van der Waals surface area contributed by atoms with Crippen LogP contribution in [0.4, 0.5) is 0 Å². The van der Waals surface area contributed by atoms with E-state index in [1.54, 1.807) is 6.08 Å². The number of aliphatic imine (C=N–C) groups is 1. The summed E-state index contributed by atoms with van der Waals surface area (Å²) in [5.41, 5.74) is 1.30. The van der Waals surface area contributed by atoms with Crippen molar-refractivity contribution in [3.63, 3.8) is 0 Å². The van der Waals surface area contributed by atoms with Crippen LogP contribution in [0, 0.1) is 17.8 Å². The van der Waals surface area contributed by atoms with Crippen molar-refractivity contribution in [2.75, 3.05) is 0 Å². The summed E-state index contributed by atoms with van der Waals surface area (Å²) >= 11 is 0. The van der Waals surface area contributed by atoms with E-state index in [0.29, 0.717) is 17.8 Å². The molecular weight excluding hydrogens is 198 g/mol. The first kappa shape index (κ1) is 12.9. The van der Waals surface area contributed by atoms with E-state index in [9.17, 15) is 4.79 Å². The van der Waals surface area contributed by atoms with Crippen molar-refractivity contribution in [1.82, 2.24) is 0 Å². The Bertz CT molecular complexity index is 335. The first-order valence-corrected chi connectivity index (χ1v) is 6.01. The standard InChI is InChI=1S/C14H21NO/c1-10(2)13-6-5-7-14(8-13)11(3)12(4)15-9-16/h5,7-8,10-13H,6H2,1-4H3/t11?,12-,13?/m0/s1. The zero-order chi connectivity index (χ0) is 12.1.